The molecule has 0 bridgehead atoms. The Morgan fingerprint density at radius 2 is 1.85 bits per heavy atom. The minimum atomic E-state index is -4.98. The zero-order valence-corrected chi connectivity index (χ0v) is 28.2. The third kappa shape index (κ3) is 7.56. The number of carbonyl (C=O) groups excluding carboxylic acids is 1. The average molecular weight is 708 g/mol. The Kier molecular flexibility index (Phi) is 10.3. The van der Waals surface area contributed by atoms with Gasteiger partial charge in [-0.1, -0.05) is 30.1 Å². The number of amides is 1. The number of fused-ring (bicyclic) bond motifs is 1. The van der Waals surface area contributed by atoms with Gasteiger partial charge in [0.25, 0.3) is 5.56 Å². The fourth-order valence-corrected chi connectivity index (χ4v) is 7.19. The van der Waals surface area contributed by atoms with E-state index in [4.69, 9.17) is 27.9 Å². The number of H-pyrrole nitrogens is 1. The van der Waals surface area contributed by atoms with E-state index in [1.54, 1.807) is 20.8 Å². The molecule has 1 unspecified atom stereocenters. The summed E-state index contributed by atoms with van der Waals surface area (Å²) in [7, 11) is -2.38. The van der Waals surface area contributed by atoms with E-state index in [1.165, 1.54) is 37.1 Å². The Bertz CT molecular complexity index is 1880. The van der Waals surface area contributed by atoms with E-state index in [0.29, 0.717) is 23.6 Å². The lowest BCUT2D eigenvalue weighted by Gasteiger charge is -2.35. The SMILES string of the molecule is CCS(=O)(=O)c1ccc(Cl)cc1Cn1c(=O)[nH]c2c(Cl)c(C[C@H](C3CCCN3)N(C)C(=O)OC(C)(C)C)c(C(F)(F)F)cc2c1=O. The molecule has 46 heavy (non-hydrogen) atoms. The lowest BCUT2D eigenvalue weighted by atomic mass is 9.92. The molecule has 2 atom stereocenters. The zero-order valence-electron chi connectivity index (χ0n) is 25.8. The summed E-state index contributed by atoms with van der Waals surface area (Å²) in [5, 5.41) is 2.33. The number of nitrogens with one attached hydrogen (secondary N) is 2. The van der Waals surface area contributed by atoms with Gasteiger partial charge in [-0.25, -0.2) is 18.0 Å². The number of carbonyl (C=O) groups is 1. The van der Waals surface area contributed by atoms with Gasteiger partial charge in [-0.15, -0.1) is 0 Å². The summed E-state index contributed by atoms with van der Waals surface area (Å²) >= 11 is 12.7. The molecule has 3 aromatic rings. The summed E-state index contributed by atoms with van der Waals surface area (Å²) in [5.41, 5.74) is -4.92. The van der Waals surface area contributed by atoms with Crippen molar-refractivity contribution in [3.63, 3.8) is 0 Å². The van der Waals surface area contributed by atoms with E-state index in [9.17, 15) is 36.0 Å². The number of sulfone groups is 1. The molecule has 2 heterocycles. The van der Waals surface area contributed by atoms with Gasteiger partial charge in [0, 0.05) is 18.1 Å². The Labute approximate surface area is 273 Å². The van der Waals surface area contributed by atoms with Crippen LogP contribution in [0.15, 0.2) is 38.8 Å². The third-order valence-electron chi connectivity index (χ3n) is 7.85. The second kappa shape index (κ2) is 13.2. The summed E-state index contributed by atoms with van der Waals surface area (Å²) < 4.78 is 75.4. The number of hydrogen-bond donors (Lipinski definition) is 2. The Morgan fingerprint density at radius 3 is 2.41 bits per heavy atom. The number of rotatable bonds is 8. The van der Waals surface area contributed by atoms with Crippen LogP contribution < -0.4 is 16.6 Å². The molecule has 2 aromatic carbocycles. The average Bonchev–Trinajstić information content (AvgIpc) is 3.48. The first-order valence-corrected chi connectivity index (χ1v) is 16.9. The van der Waals surface area contributed by atoms with E-state index in [1.807, 2.05) is 0 Å². The first kappa shape index (κ1) is 35.8. The van der Waals surface area contributed by atoms with Crippen molar-refractivity contribution in [2.75, 3.05) is 19.3 Å². The van der Waals surface area contributed by atoms with Crippen molar-refractivity contribution in [3.05, 3.63) is 71.8 Å². The molecule has 1 saturated heterocycles. The number of nitrogens with zero attached hydrogens (tertiary/aromatic N) is 2. The monoisotopic (exact) mass is 706 g/mol. The van der Waals surface area contributed by atoms with Crippen LogP contribution >= 0.6 is 23.2 Å². The minimum absolute atomic E-state index is 0.0112. The van der Waals surface area contributed by atoms with Crippen molar-refractivity contribution in [1.82, 2.24) is 19.8 Å². The van der Waals surface area contributed by atoms with Crippen molar-refractivity contribution < 1.29 is 31.1 Å². The van der Waals surface area contributed by atoms with Crippen LogP contribution in [0, 0.1) is 0 Å². The summed E-state index contributed by atoms with van der Waals surface area (Å²) in [4.78, 5) is 43.4. The highest BCUT2D eigenvalue weighted by atomic mass is 35.5. The summed E-state index contributed by atoms with van der Waals surface area (Å²) in [6, 6.07) is 3.26. The summed E-state index contributed by atoms with van der Waals surface area (Å²) in [6.07, 6.45) is -4.78. The molecule has 0 spiro atoms. The van der Waals surface area contributed by atoms with E-state index in [-0.39, 0.29) is 39.2 Å². The second-order valence-electron chi connectivity index (χ2n) is 12.2. The lowest BCUT2D eigenvalue weighted by Crippen LogP contribution is -2.51. The highest BCUT2D eigenvalue weighted by molar-refractivity contribution is 7.91. The van der Waals surface area contributed by atoms with Crippen LogP contribution in [-0.2, 0) is 33.7 Å². The van der Waals surface area contributed by atoms with Crippen molar-refractivity contribution in [3.8, 4) is 0 Å². The second-order valence-corrected chi connectivity index (χ2v) is 15.2. The number of alkyl halides is 3. The molecule has 1 aliphatic rings. The topological polar surface area (TPSA) is 131 Å². The van der Waals surface area contributed by atoms with Gasteiger partial charge in [0.15, 0.2) is 9.84 Å². The molecular weight excluding hydrogens is 672 g/mol. The van der Waals surface area contributed by atoms with Crippen molar-refractivity contribution in [2.45, 2.75) is 82.3 Å². The van der Waals surface area contributed by atoms with Crippen LogP contribution in [0.1, 0.15) is 57.2 Å². The van der Waals surface area contributed by atoms with E-state index >= 15 is 0 Å². The highest BCUT2D eigenvalue weighted by Crippen LogP contribution is 2.39. The van der Waals surface area contributed by atoms with Gasteiger partial charge in [0.1, 0.15) is 5.60 Å². The number of aromatic nitrogens is 2. The molecule has 1 aromatic heterocycles. The highest BCUT2D eigenvalue weighted by Gasteiger charge is 2.40. The zero-order chi connectivity index (χ0) is 34.4. The molecule has 1 aliphatic heterocycles. The molecule has 10 nitrogen and oxygen atoms in total. The molecule has 16 heteroatoms. The molecule has 1 fully saturated rings. The van der Waals surface area contributed by atoms with Crippen LogP contribution in [-0.4, -0.2) is 66.0 Å². The van der Waals surface area contributed by atoms with Crippen molar-refractivity contribution in [1.29, 1.82) is 0 Å². The number of halogens is 5. The Balaban J connectivity index is 1.89. The van der Waals surface area contributed by atoms with Crippen LogP contribution in [0.5, 0.6) is 0 Å². The standard InChI is InChI=1S/C30H35Cl2F3N4O6S/c1-6-46(43,44)23-10-9-17(31)12-16(23)15-39-26(40)19-13-20(30(33,34)35)18(24(32)25(19)37-27(39)41)14-22(21-8-7-11-36-21)38(5)28(42)45-29(2,3)4/h9-10,12-13,21-22,36H,6-8,11,14-15H2,1-5H3,(H,37,41)/t21?,22-/m1/s1. The van der Waals surface area contributed by atoms with E-state index in [0.717, 1.165) is 6.42 Å². The number of likely N-dealkylation sites (N-methyl/N-ethyl adjacent to an activating group) is 1. The van der Waals surface area contributed by atoms with E-state index in [2.05, 4.69) is 10.3 Å². The van der Waals surface area contributed by atoms with Gasteiger partial charge >= 0.3 is 18.0 Å². The van der Waals surface area contributed by atoms with Crippen LogP contribution in [0.2, 0.25) is 10.0 Å². The maximum atomic E-state index is 14.7. The van der Waals surface area contributed by atoms with Crippen LogP contribution in [0.4, 0.5) is 18.0 Å². The van der Waals surface area contributed by atoms with Gasteiger partial charge in [-0.2, -0.15) is 13.2 Å². The predicted molar refractivity (Wildman–Crippen MR) is 170 cm³/mol. The maximum Gasteiger partial charge on any atom is 0.416 e. The maximum absolute atomic E-state index is 14.7. The number of hydrogen-bond acceptors (Lipinski definition) is 7. The smallest absolute Gasteiger partial charge is 0.416 e. The molecule has 0 saturated carbocycles. The normalized spacial score (nSPS) is 16.5. The van der Waals surface area contributed by atoms with Gasteiger partial charge in [0.2, 0.25) is 0 Å². The fraction of sp³-hybridized carbons (Fsp3) is 0.500. The fourth-order valence-electron chi connectivity index (χ4n) is 5.56. The van der Waals surface area contributed by atoms with Crippen LogP contribution in [0.25, 0.3) is 10.9 Å². The largest absolute Gasteiger partial charge is 0.444 e. The predicted octanol–water partition coefficient (Wildman–Crippen LogP) is 5.39. The number of benzene rings is 2. The summed E-state index contributed by atoms with van der Waals surface area (Å²) in [6.45, 7) is 6.44. The summed E-state index contributed by atoms with van der Waals surface area (Å²) in [5.74, 6) is -0.279. The Morgan fingerprint density at radius 1 is 1.17 bits per heavy atom. The molecular formula is C30H35Cl2F3N4O6S. The molecule has 2 N–H and O–H groups in total. The van der Waals surface area contributed by atoms with Crippen LogP contribution in [0.3, 0.4) is 0 Å². The number of aromatic amines is 1. The molecule has 4 rings (SSSR count). The van der Waals surface area contributed by atoms with Gasteiger partial charge in [-0.3, -0.25) is 9.36 Å². The first-order chi connectivity index (χ1) is 21.2. The molecule has 1 amide bonds. The minimum Gasteiger partial charge on any atom is -0.444 e. The number of ether oxygens (including phenoxy) is 1. The van der Waals surface area contributed by atoms with Gasteiger partial charge in [0.05, 0.1) is 44.7 Å². The van der Waals surface area contributed by atoms with Crippen molar-refractivity contribution in [2.24, 2.45) is 0 Å². The molecule has 252 valence electrons. The third-order valence-corrected chi connectivity index (χ3v) is 10.3. The van der Waals surface area contributed by atoms with Crippen molar-refractivity contribution >= 4 is 50.0 Å². The molecule has 0 radical (unpaired) electrons. The quantitative estimate of drug-likeness (QED) is 0.321. The Hall–Kier alpha value is -3.07. The van der Waals surface area contributed by atoms with Gasteiger partial charge in [-0.05, 0) is 82.0 Å². The molecule has 0 aliphatic carbocycles. The van der Waals surface area contributed by atoms with Gasteiger partial charge < -0.3 is 19.9 Å². The van der Waals surface area contributed by atoms with E-state index < -0.39 is 73.1 Å². The first-order valence-electron chi connectivity index (χ1n) is 14.5. The lowest BCUT2D eigenvalue weighted by molar-refractivity contribution is -0.138.